The normalized spacial score (nSPS) is 47.8. The molecule has 2 bridgehead atoms. The van der Waals surface area contributed by atoms with Crippen LogP contribution in [0.25, 0.3) is 0 Å². The topological polar surface area (TPSA) is 47.6 Å². The molecule has 2 aliphatic carbocycles. The van der Waals surface area contributed by atoms with E-state index in [0.717, 1.165) is 6.61 Å². The first-order valence-corrected chi connectivity index (χ1v) is 11.3. The number of alkyl carbamates (subject to hydrolysis) is 1. The van der Waals surface area contributed by atoms with Gasteiger partial charge in [-0.2, -0.15) is 0 Å². The summed E-state index contributed by atoms with van der Waals surface area (Å²) in [5.41, 5.74) is 0.0774. The molecule has 1 spiro atoms. The summed E-state index contributed by atoms with van der Waals surface area (Å²) in [6.07, 6.45) is 6.45. The Morgan fingerprint density at radius 2 is 2.09 bits per heavy atom. The van der Waals surface area contributed by atoms with E-state index >= 15 is 0 Å². The van der Waals surface area contributed by atoms with Gasteiger partial charge in [0.05, 0.1) is 0 Å². The SMILES string of the molecule is CC1(C)[C@@H]2CC[C@@]1(C)[C@@]1(CNC(=O)O1)[C@H]2[Se]C[C@H]1CCCCO1. The summed E-state index contributed by atoms with van der Waals surface area (Å²) in [5.74, 6) is 0.684. The van der Waals surface area contributed by atoms with Crippen LogP contribution in [-0.2, 0) is 9.47 Å². The predicted molar refractivity (Wildman–Crippen MR) is 89.7 cm³/mol. The first-order chi connectivity index (χ1) is 10.9. The Morgan fingerprint density at radius 3 is 2.74 bits per heavy atom. The minimum atomic E-state index is -0.273. The van der Waals surface area contributed by atoms with Crippen molar-refractivity contribution in [2.45, 2.75) is 74.7 Å². The molecule has 130 valence electrons. The van der Waals surface area contributed by atoms with Gasteiger partial charge in [0, 0.05) is 0 Å². The fraction of sp³-hybridized carbons (Fsp3) is 0.944. The average Bonchev–Trinajstić information content (AvgIpc) is 3.06. The molecule has 0 radical (unpaired) electrons. The predicted octanol–water partition coefficient (Wildman–Crippen LogP) is 3.40. The molecule has 4 aliphatic rings. The maximum absolute atomic E-state index is 11.9. The van der Waals surface area contributed by atoms with E-state index in [2.05, 4.69) is 26.1 Å². The molecule has 2 aliphatic heterocycles. The van der Waals surface area contributed by atoms with E-state index in [0.29, 0.717) is 38.3 Å². The molecule has 0 unspecified atom stereocenters. The summed E-state index contributed by atoms with van der Waals surface area (Å²) < 4.78 is 12.0. The number of rotatable bonds is 3. The molecule has 2 saturated heterocycles. The number of amides is 1. The van der Waals surface area contributed by atoms with E-state index in [1.807, 2.05) is 0 Å². The molecule has 0 aromatic rings. The first kappa shape index (κ1) is 16.2. The van der Waals surface area contributed by atoms with Crippen LogP contribution in [0.3, 0.4) is 0 Å². The summed E-state index contributed by atoms with van der Waals surface area (Å²) >= 11 is 0.467. The van der Waals surface area contributed by atoms with Gasteiger partial charge in [0.25, 0.3) is 0 Å². The van der Waals surface area contributed by atoms with E-state index < -0.39 is 0 Å². The number of nitrogens with one attached hydrogen (secondary N) is 1. The molecule has 23 heavy (non-hydrogen) atoms. The van der Waals surface area contributed by atoms with Gasteiger partial charge in [-0.3, -0.25) is 0 Å². The fourth-order valence-electron chi connectivity index (χ4n) is 5.77. The summed E-state index contributed by atoms with van der Waals surface area (Å²) in [4.78, 5) is 12.5. The van der Waals surface area contributed by atoms with Crippen molar-refractivity contribution >= 4 is 21.1 Å². The van der Waals surface area contributed by atoms with Gasteiger partial charge in [0.1, 0.15) is 0 Å². The summed E-state index contributed by atoms with van der Waals surface area (Å²) in [6.45, 7) is 8.83. The average molecular weight is 386 g/mol. The maximum atomic E-state index is 11.9. The van der Waals surface area contributed by atoms with Gasteiger partial charge in [0.15, 0.2) is 0 Å². The van der Waals surface area contributed by atoms with E-state index in [1.54, 1.807) is 0 Å². The van der Waals surface area contributed by atoms with Gasteiger partial charge in [-0.25, -0.2) is 0 Å². The second-order valence-corrected chi connectivity index (χ2v) is 11.0. The third-order valence-electron chi connectivity index (χ3n) is 7.57. The van der Waals surface area contributed by atoms with Crippen molar-refractivity contribution in [1.82, 2.24) is 5.32 Å². The number of hydrogen-bond donors (Lipinski definition) is 1. The fourth-order valence-corrected chi connectivity index (χ4v) is 10.1. The van der Waals surface area contributed by atoms with Crippen molar-refractivity contribution < 1.29 is 14.3 Å². The number of carbonyl (C=O) groups excluding carboxylic acids is 1. The molecule has 1 amide bonds. The summed E-state index contributed by atoms with van der Waals surface area (Å²) in [6, 6.07) is 0. The molecule has 4 rings (SSSR count). The number of ether oxygens (including phenoxy) is 2. The third kappa shape index (κ3) is 2.09. The molecule has 0 aromatic heterocycles. The van der Waals surface area contributed by atoms with Crippen LogP contribution in [-0.4, -0.2) is 45.9 Å². The number of fused-ring (bicyclic) bond motifs is 3. The second kappa shape index (κ2) is 5.37. The van der Waals surface area contributed by atoms with Crippen LogP contribution in [0.4, 0.5) is 4.79 Å². The van der Waals surface area contributed by atoms with Crippen molar-refractivity contribution in [1.29, 1.82) is 0 Å². The molecule has 2 saturated carbocycles. The third-order valence-corrected chi connectivity index (χ3v) is 11.0. The van der Waals surface area contributed by atoms with Crippen molar-refractivity contribution in [3.63, 3.8) is 0 Å². The Kier molecular flexibility index (Phi) is 3.79. The number of carbonyl (C=O) groups is 1. The first-order valence-electron chi connectivity index (χ1n) is 9.11. The molecule has 2 heterocycles. The van der Waals surface area contributed by atoms with Crippen molar-refractivity contribution in [3.8, 4) is 0 Å². The number of hydrogen-bond acceptors (Lipinski definition) is 3. The Bertz CT molecular complexity index is 504. The summed E-state index contributed by atoms with van der Waals surface area (Å²) in [5, 5.41) is 4.17. The zero-order valence-electron chi connectivity index (χ0n) is 14.5. The van der Waals surface area contributed by atoms with E-state index in [-0.39, 0.29) is 22.5 Å². The molecule has 4 fully saturated rings. The Balaban J connectivity index is 1.58. The quantitative estimate of drug-likeness (QED) is 0.757. The van der Waals surface area contributed by atoms with Crippen LogP contribution in [0.5, 0.6) is 0 Å². The molecule has 5 atom stereocenters. The van der Waals surface area contributed by atoms with Gasteiger partial charge in [-0.05, 0) is 0 Å². The van der Waals surface area contributed by atoms with Crippen LogP contribution >= 0.6 is 0 Å². The minimum absolute atomic E-state index is 0.101. The van der Waals surface area contributed by atoms with Crippen molar-refractivity contribution in [3.05, 3.63) is 0 Å². The Hall–Kier alpha value is -0.251. The van der Waals surface area contributed by atoms with Gasteiger partial charge in [-0.15, -0.1) is 0 Å². The standard InChI is InChI=1S/C18H29NO3Se/c1-16(2)13-7-8-17(16,3)18(11-19-15(20)22-18)14(13)23-10-12-6-4-5-9-21-12/h12-14H,4-11H2,1-3H3,(H,19,20)/t12-,13-,14+,17-,18-/m1/s1. The van der Waals surface area contributed by atoms with Crippen LogP contribution in [0, 0.1) is 16.7 Å². The second-order valence-electron chi connectivity index (χ2n) is 8.57. The molecular formula is C18H29NO3Se. The van der Waals surface area contributed by atoms with Crippen LogP contribution in [0.15, 0.2) is 0 Å². The van der Waals surface area contributed by atoms with E-state index in [4.69, 9.17) is 9.47 Å². The van der Waals surface area contributed by atoms with Gasteiger partial charge in [-0.1, -0.05) is 0 Å². The molecular weight excluding hydrogens is 357 g/mol. The molecule has 0 aromatic carbocycles. The monoisotopic (exact) mass is 387 g/mol. The van der Waals surface area contributed by atoms with Gasteiger partial charge >= 0.3 is 145 Å². The van der Waals surface area contributed by atoms with Gasteiger partial charge in [0.2, 0.25) is 0 Å². The Labute approximate surface area is 145 Å². The van der Waals surface area contributed by atoms with Crippen molar-refractivity contribution in [2.75, 3.05) is 13.2 Å². The van der Waals surface area contributed by atoms with E-state index in [9.17, 15) is 4.79 Å². The van der Waals surface area contributed by atoms with Gasteiger partial charge < -0.3 is 0 Å². The zero-order valence-corrected chi connectivity index (χ0v) is 16.2. The van der Waals surface area contributed by atoms with Crippen LogP contribution < -0.4 is 5.32 Å². The molecule has 4 nitrogen and oxygen atoms in total. The van der Waals surface area contributed by atoms with Crippen molar-refractivity contribution in [2.24, 2.45) is 16.7 Å². The molecule has 5 heteroatoms. The molecule has 1 N–H and O–H groups in total. The van der Waals surface area contributed by atoms with Crippen LogP contribution in [0.2, 0.25) is 10.1 Å². The Morgan fingerprint density at radius 1 is 1.26 bits per heavy atom. The summed E-state index contributed by atoms with van der Waals surface area (Å²) in [7, 11) is 0. The van der Waals surface area contributed by atoms with E-state index in [1.165, 1.54) is 37.4 Å². The van der Waals surface area contributed by atoms with Crippen LogP contribution in [0.1, 0.15) is 52.9 Å². The zero-order chi connectivity index (χ0) is 16.3.